The molecule has 0 spiro atoms. The molecule has 0 heterocycles. The van der Waals surface area contributed by atoms with Crippen LogP contribution < -0.4 is 5.32 Å². The molecule has 18 heavy (non-hydrogen) atoms. The van der Waals surface area contributed by atoms with Gasteiger partial charge in [-0.2, -0.15) is 5.26 Å². The van der Waals surface area contributed by atoms with Crippen molar-refractivity contribution in [1.29, 1.82) is 5.26 Å². The third kappa shape index (κ3) is 4.42. The van der Waals surface area contributed by atoms with E-state index >= 15 is 0 Å². The van der Waals surface area contributed by atoms with Crippen LogP contribution in [0.3, 0.4) is 0 Å². The first-order chi connectivity index (χ1) is 8.56. The first-order valence-electron chi connectivity index (χ1n) is 6.03. The predicted molar refractivity (Wildman–Crippen MR) is 76.6 cm³/mol. The number of carbonyl (C=O) groups excluding carboxylic acids is 1. The van der Waals surface area contributed by atoms with Gasteiger partial charge in [-0.3, -0.25) is 4.79 Å². The van der Waals surface area contributed by atoms with Crippen molar-refractivity contribution in [1.82, 2.24) is 0 Å². The van der Waals surface area contributed by atoms with Crippen molar-refractivity contribution in [2.24, 2.45) is 0 Å². The van der Waals surface area contributed by atoms with E-state index in [0.717, 1.165) is 6.42 Å². The molecule has 0 radical (unpaired) electrons. The van der Waals surface area contributed by atoms with Crippen LogP contribution >= 0.6 is 11.8 Å². The molecule has 0 aliphatic rings. The Balaban J connectivity index is 2.61. The van der Waals surface area contributed by atoms with Gasteiger partial charge in [0.05, 0.1) is 16.9 Å². The molecule has 1 aromatic carbocycles. The van der Waals surface area contributed by atoms with Crippen molar-refractivity contribution in [3.05, 3.63) is 29.8 Å². The Kier molecular flexibility index (Phi) is 5.73. The Morgan fingerprint density at radius 2 is 2.22 bits per heavy atom. The lowest BCUT2D eigenvalue weighted by Gasteiger charge is -2.15. The van der Waals surface area contributed by atoms with Crippen LogP contribution in [0.25, 0.3) is 0 Å². The van der Waals surface area contributed by atoms with Crippen molar-refractivity contribution in [2.75, 3.05) is 5.32 Å². The maximum absolute atomic E-state index is 11.9. The van der Waals surface area contributed by atoms with Gasteiger partial charge in [-0.15, -0.1) is 11.8 Å². The second-order valence-corrected chi connectivity index (χ2v) is 5.96. The summed E-state index contributed by atoms with van der Waals surface area (Å²) in [5.74, 6) is -0.0182. The number of anilines is 1. The van der Waals surface area contributed by atoms with Crippen LogP contribution in [0, 0.1) is 11.3 Å². The maximum Gasteiger partial charge on any atom is 0.237 e. The molecule has 0 saturated carbocycles. The van der Waals surface area contributed by atoms with E-state index in [1.165, 1.54) is 0 Å². The molecule has 1 amide bonds. The van der Waals surface area contributed by atoms with Gasteiger partial charge < -0.3 is 5.32 Å². The van der Waals surface area contributed by atoms with E-state index in [0.29, 0.717) is 16.5 Å². The van der Waals surface area contributed by atoms with E-state index in [-0.39, 0.29) is 11.2 Å². The van der Waals surface area contributed by atoms with Crippen LogP contribution in [0.2, 0.25) is 0 Å². The molecule has 2 atom stereocenters. The Bertz CT molecular complexity index is 453. The van der Waals surface area contributed by atoms with Crippen molar-refractivity contribution in [3.63, 3.8) is 0 Å². The van der Waals surface area contributed by atoms with E-state index in [1.54, 1.807) is 36.0 Å². The Morgan fingerprint density at radius 3 is 2.83 bits per heavy atom. The minimum Gasteiger partial charge on any atom is -0.325 e. The summed E-state index contributed by atoms with van der Waals surface area (Å²) in [7, 11) is 0. The van der Waals surface area contributed by atoms with Gasteiger partial charge in [-0.05, 0) is 31.5 Å². The van der Waals surface area contributed by atoms with E-state index in [1.807, 2.05) is 6.92 Å². The summed E-state index contributed by atoms with van der Waals surface area (Å²) < 4.78 is 0. The highest BCUT2D eigenvalue weighted by Gasteiger charge is 2.16. The highest BCUT2D eigenvalue weighted by molar-refractivity contribution is 8.01. The van der Waals surface area contributed by atoms with E-state index < -0.39 is 0 Å². The topological polar surface area (TPSA) is 52.9 Å². The van der Waals surface area contributed by atoms with Crippen LogP contribution in [0.15, 0.2) is 24.3 Å². The fraction of sp³-hybridized carbons (Fsp3) is 0.429. The number of benzene rings is 1. The molecule has 96 valence electrons. The molecular weight excluding hydrogens is 244 g/mol. The van der Waals surface area contributed by atoms with Gasteiger partial charge >= 0.3 is 0 Å². The normalized spacial score (nSPS) is 13.4. The number of thioether (sulfide) groups is 1. The number of carbonyl (C=O) groups is 1. The molecule has 2 unspecified atom stereocenters. The van der Waals surface area contributed by atoms with Gasteiger partial charge in [0.1, 0.15) is 0 Å². The predicted octanol–water partition coefficient (Wildman–Crippen LogP) is 3.42. The Labute approximate surface area is 113 Å². The monoisotopic (exact) mass is 262 g/mol. The standard InChI is InChI=1S/C14H18N2OS/c1-4-10(2)18-11(3)14(17)16-13-7-5-6-12(8-13)9-15/h5-8,10-11H,4H2,1-3H3,(H,16,17). The van der Waals surface area contributed by atoms with Gasteiger partial charge in [0.25, 0.3) is 0 Å². The fourth-order valence-electron chi connectivity index (χ4n) is 1.42. The fourth-order valence-corrected chi connectivity index (χ4v) is 2.49. The molecule has 1 aromatic rings. The number of nitriles is 1. The molecule has 3 nitrogen and oxygen atoms in total. The summed E-state index contributed by atoms with van der Waals surface area (Å²) in [4.78, 5) is 11.9. The highest BCUT2D eigenvalue weighted by atomic mass is 32.2. The smallest absolute Gasteiger partial charge is 0.237 e. The molecule has 0 bridgehead atoms. The lowest BCUT2D eigenvalue weighted by atomic mass is 10.2. The third-order valence-corrected chi connectivity index (χ3v) is 4.06. The molecule has 1 rings (SSSR count). The molecule has 0 saturated heterocycles. The summed E-state index contributed by atoms with van der Waals surface area (Å²) >= 11 is 1.66. The van der Waals surface area contributed by atoms with Crippen LogP contribution in [0.4, 0.5) is 5.69 Å². The quantitative estimate of drug-likeness (QED) is 0.884. The number of hydrogen-bond acceptors (Lipinski definition) is 3. The molecule has 0 aromatic heterocycles. The van der Waals surface area contributed by atoms with Gasteiger partial charge in [0, 0.05) is 10.9 Å². The second kappa shape index (κ2) is 7.07. The van der Waals surface area contributed by atoms with Crippen LogP contribution in [-0.2, 0) is 4.79 Å². The minimum atomic E-state index is -0.0920. The lowest BCUT2D eigenvalue weighted by Crippen LogP contribution is -2.24. The zero-order chi connectivity index (χ0) is 13.5. The Hall–Kier alpha value is -1.47. The van der Waals surface area contributed by atoms with Crippen LogP contribution in [0.1, 0.15) is 32.8 Å². The average Bonchev–Trinajstić information content (AvgIpc) is 2.38. The van der Waals surface area contributed by atoms with Gasteiger partial charge in [-0.1, -0.05) is 19.9 Å². The number of rotatable bonds is 5. The van der Waals surface area contributed by atoms with Crippen molar-refractivity contribution in [3.8, 4) is 6.07 Å². The molecule has 0 aliphatic heterocycles. The first-order valence-corrected chi connectivity index (χ1v) is 6.97. The number of amides is 1. The number of nitrogens with zero attached hydrogens (tertiary/aromatic N) is 1. The van der Waals surface area contributed by atoms with Crippen molar-refractivity contribution in [2.45, 2.75) is 37.7 Å². The summed E-state index contributed by atoms with van der Waals surface area (Å²) in [5.41, 5.74) is 1.23. The maximum atomic E-state index is 11.9. The van der Waals surface area contributed by atoms with Crippen LogP contribution in [0.5, 0.6) is 0 Å². The molecule has 0 aliphatic carbocycles. The summed E-state index contributed by atoms with van der Waals surface area (Å²) in [5, 5.41) is 12.0. The van der Waals surface area contributed by atoms with E-state index in [2.05, 4.69) is 25.2 Å². The zero-order valence-corrected chi connectivity index (χ0v) is 11.8. The SMILES string of the molecule is CCC(C)SC(C)C(=O)Nc1cccc(C#N)c1. The van der Waals surface area contributed by atoms with Crippen molar-refractivity contribution >= 4 is 23.4 Å². The lowest BCUT2D eigenvalue weighted by molar-refractivity contribution is -0.115. The average molecular weight is 262 g/mol. The largest absolute Gasteiger partial charge is 0.325 e. The number of nitrogens with one attached hydrogen (secondary N) is 1. The van der Waals surface area contributed by atoms with Gasteiger partial charge in [-0.25, -0.2) is 0 Å². The van der Waals surface area contributed by atoms with E-state index in [9.17, 15) is 4.79 Å². The van der Waals surface area contributed by atoms with Gasteiger partial charge in [0.2, 0.25) is 5.91 Å². The molecule has 0 fully saturated rings. The van der Waals surface area contributed by atoms with Gasteiger partial charge in [0.15, 0.2) is 0 Å². The first kappa shape index (κ1) is 14.6. The van der Waals surface area contributed by atoms with Crippen molar-refractivity contribution < 1.29 is 4.79 Å². The van der Waals surface area contributed by atoms with Crippen LogP contribution in [-0.4, -0.2) is 16.4 Å². The molecule has 4 heteroatoms. The van der Waals surface area contributed by atoms with E-state index in [4.69, 9.17) is 5.26 Å². The zero-order valence-electron chi connectivity index (χ0n) is 10.9. The molecular formula is C14H18N2OS. The number of hydrogen-bond donors (Lipinski definition) is 1. The Morgan fingerprint density at radius 1 is 1.50 bits per heavy atom. The summed E-state index contributed by atoms with van der Waals surface area (Å²) in [6.07, 6.45) is 1.05. The third-order valence-electron chi connectivity index (χ3n) is 2.64. The highest BCUT2D eigenvalue weighted by Crippen LogP contribution is 2.21. The summed E-state index contributed by atoms with van der Waals surface area (Å²) in [6.45, 7) is 6.13. The summed E-state index contributed by atoms with van der Waals surface area (Å²) in [6, 6.07) is 9.00. The molecule has 1 N–H and O–H groups in total. The minimum absolute atomic E-state index is 0.0182. The second-order valence-electron chi connectivity index (χ2n) is 4.18.